The van der Waals surface area contributed by atoms with Crippen molar-refractivity contribution in [3.05, 3.63) is 21.4 Å². The summed E-state index contributed by atoms with van der Waals surface area (Å²) >= 11 is 1.84. The molecule has 1 heterocycles. The quantitative estimate of drug-likeness (QED) is 0.849. The lowest BCUT2D eigenvalue weighted by Gasteiger charge is -2.29. The third kappa shape index (κ3) is 3.78. The summed E-state index contributed by atoms with van der Waals surface area (Å²) in [6, 6.07) is 2.54. The maximum atomic E-state index is 5.92. The molecule has 0 aromatic carbocycles. The Hall–Kier alpha value is -0.420. The Morgan fingerprint density at radius 1 is 1.47 bits per heavy atom. The van der Waals surface area contributed by atoms with Gasteiger partial charge in [0.1, 0.15) is 0 Å². The highest BCUT2D eigenvalue weighted by Crippen LogP contribution is 2.29. The summed E-state index contributed by atoms with van der Waals surface area (Å²) < 4.78 is 5.31. The van der Waals surface area contributed by atoms with Crippen LogP contribution in [-0.4, -0.2) is 38.3 Å². The third-order valence-electron chi connectivity index (χ3n) is 3.14. The maximum Gasteiger partial charge on any atom is 0.0670 e. The molecule has 1 aromatic rings. The lowest BCUT2D eigenvalue weighted by Crippen LogP contribution is -2.36. The lowest BCUT2D eigenvalue weighted by molar-refractivity contribution is 0.0724. The van der Waals surface area contributed by atoms with Crippen molar-refractivity contribution in [1.29, 1.82) is 0 Å². The molecule has 17 heavy (non-hydrogen) atoms. The molecule has 0 saturated heterocycles. The lowest BCUT2D eigenvalue weighted by atomic mass is 10.1. The van der Waals surface area contributed by atoms with Crippen LogP contribution in [0.15, 0.2) is 6.07 Å². The van der Waals surface area contributed by atoms with Crippen LogP contribution in [0.3, 0.4) is 0 Å². The number of thiophene rings is 1. The van der Waals surface area contributed by atoms with Crippen LogP contribution in [0.25, 0.3) is 0 Å². The van der Waals surface area contributed by atoms with Crippen molar-refractivity contribution in [3.8, 4) is 0 Å². The molecule has 3 nitrogen and oxygen atoms in total. The van der Waals surface area contributed by atoms with Crippen LogP contribution in [0.1, 0.15) is 28.3 Å². The first-order valence-electron chi connectivity index (χ1n) is 5.99. The van der Waals surface area contributed by atoms with Crippen molar-refractivity contribution in [2.45, 2.75) is 32.9 Å². The van der Waals surface area contributed by atoms with Gasteiger partial charge in [0.2, 0.25) is 0 Å². The second-order valence-corrected chi connectivity index (χ2v) is 6.07. The molecule has 0 saturated carbocycles. The van der Waals surface area contributed by atoms with Crippen LogP contribution in [0.4, 0.5) is 0 Å². The first kappa shape index (κ1) is 14.6. The summed E-state index contributed by atoms with van der Waals surface area (Å²) in [5.74, 6) is 0. The van der Waals surface area contributed by atoms with Gasteiger partial charge >= 0.3 is 0 Å². The topological polar surface area (TPSA) is 38.5 Å². The molecule has 0 aliphatic carbocycles. The smallest absolute Gasteiger partial charge is 0.0670 e. The van der Waals surface area contributed by atoms with Crippen molar-refractivity contribution in [2.75, 3.05) is 27.2 Å². The highest BCUT2D eigenvalue weighted by atomic mass is 32.1. The van der Waals surface area contributed by atoms with Crippen LogP contribution in [-0.2, 0) is 4.74 Å². The van der Waals surface area contributed by atoms with E-state index in [2.05, 4.69) is 38.8 Å². The number of nitrogens with two attached hydrogens (primary N) is 1. The van der Waals surface area contributed by atoms with Gasteiger partial charge in [0.25, 0.3) is 0 Å². The summed E-state index contributed by atoms with van der Waals surface area (Å²) in [4.78, 5) is 5.00. The summed E-state index contributed by atoms with van der Waals surface area (Å²) in [5, 5.41) is 0. The molecule has 0 bridgehead atoms. The fraction of sp³-hybridized carbons (Fsp3) is 0.692. The van der Waals surface area contributed by atoms with Crippen LogP contribution >= 0.6 is 11.3 Å². The average Bonchev–Trinajstić information content (AvgIpc) is 2.59. The Kier molecular flexibility index (Phi) is 5.59. The number of rotatable bonds is 6. The van der Waals surface area contributed by atoms with Crippen LogP contribution in [0, 0.1) is 13.8 Å². The maximum absolute atomic E-state index is 5.92. The van der Waals surface area contributed by atoms with Crippen LogP contribution in [0.5, 0.6) is 0 Å². The van der Waals surface area contributed by atoms with E-state index in [9.17, 15) is 0 Å². The second kappa shape index (κ2) is 6.50. The Morgan fingerprint density at radius 2 is 2.12 bits per heavy atom. The number of likely N-dealkylation sites (N-methyl/N-ethyl adjacent to an activating group) is 1. The van der Waals surface area contributed by atoms with Gasteiger partial charge in [-0.25, -0.2) is 0 Å². The predicted molar refractivity (Wildman–Crippen MR) is 74.7 cm³/mol. The van der Waals surface area contributed by atoms with Gasteiger partial charge in [-0.1, -0.05) is 0 Å². The summed E-state index contributed by atoms with van der Waals surface area (Å²) in [6.45, 7) is 7.93. The van der Waals surface area contributed by atoms with Crippen molar-refractivity contribution >= 4 is 11.3 Å². The van der Waals surface area contributed by atoms with Gasteiger partial charge in [-0.05, 0) is 39.4 Å². The first-order chi connectivity index (χ1) is 7.99. The minimum Gasteiger partial charge on any atom is -0.380 e. The molecule has 0 spiro atoms. The van der Waals surface area contributed by atoms with Gasteiger partial charge in [0, 0.05) is 36.0 Å². The highest BCUT2D eigenvalue weighted by molar-refractivity contribution is 7.12. The molecule has 2 atom stereocenters. The molecule has 1 aromatic heterocycles. The molecule has 4 heteroatoms. The number of ether oxygens (including phenoxy) is 1. The Bertz CT molecular complexity index is 351. The minimum absolute atomic E-state index is 0.231. The monoisotopic (exact) mass is 256 g/mol. The van der Waals surface area contributed by atoms with E-state index < -0.39 is 0 Å². The molecule has 2 unspecified atom stereocenters. The van der Waals surface area contributed by atoms with E-state index in [0.717, 1.165) is 6.54 Å². The standard InChI is InChI=1S/C13H24N2OS/c1-9(16-5)8-15(4)13(7-14)12-6-10(2)17-11(12)3/h6,9,13H,7-8,14H2,1-5H3. The highest BCUT2D eigenvalue weighted by Gasteiger charge is 2.20. The zero-order chi connectivity index (χ0) is 13.0. The summed E-state index contributed by atoms with van der Waals surface area (Å²) in [6.07, 6.45) is 0.231. The number of aryl methyl sites for hydroxylation is 2. The average molecular weight is 256 g/mol. The molecule has 0 fully saturated rings. The number of hydrogen-bond acceptors (Lipinski definition) is 4. The van der Waals surface area contributed by atoms with Crippen molar-refractivity contribution in [2.24, 2.45) is 5.73 Å². The van der Waals surface area contributed by atoms with E-state index >= 15 is 0 Å². The van der Waals surface area contributed by atoms with Gasteiger partial charge < -0.3 is 10.5 Å². The molecular weight excluding hydrogens is 232 g/mol. The van der Waals surface area contributed by atoms with E-state index in [1.165, 1.54) is 15.3 Å². The van der Waals surface area contributed by atoms with E-state index in [1.54, 1.807) is 7.11 Å². The second-order valence-electron chi connectivity index (χ2n) is 4.61. The Balaban J connectivity index is 2.80. The van der Waals surface area contributed by atoms with Crippen molar-refractivity contribution in [3.63, 3.8) is 0 Å². The molecule has 0 aliphatic rings. The predicted octanol–water partition coefficient (Wildman–Crippen LogP) is 2.33. The largest absolute Gasteiger partial charge is 0.380 e. The van der Waals surface area contributed by atoms with E-state index in [1.807, 2.05) is 11.3 Å². The first-order valence-corrected chi connectivity index (χ1v) is 6.81. The Morgan fingerprint density at radius 3 is 2.53 bits per heavy atom. The third-order valence-corrected chi connectivity index (χ3v) is 4.12. The molecule has 0 radical (unpaired) electrons. The zero-order valence-corrected chi connectivity index (χ0v) is 12.3. The van der Waals surface area contributed by atoms with Gasteiger partial charge in [-0.15, -0.1) is 11.3 Å². The summed E-state index contributed by atoms with van der Waals surface area (Å²) in [5.41, 5.74) is 7.29. The minimum atomic E-state index is 0.231. The normalized spacial score (nSPS) is 15.2. The molecule has 1 rings (SSSR count). The number of hydrogen-bond donors (Lipinski definition) is 1. The van der Waals surface area contributed by atoms with Gasteiger partial charge in [-0.2, -0.15) is 0 Å². The fourth-order valence-electron chi connectivity index (χ4n) is 2.13. The van der Waals surface area contributed by atoms with E-state index in [0.29, 0.717) is 6.54 Å². The molecule has 0 aliphatic heterocycles. The molecular formula is C13H24N2OS. The van der Waals surface area contributed by atoms with Crippen molar-refractivity contribution in [1.82, 2.24) is 4.90 Å². The fourth-order valence-corrected chi connectivity index (χ4v) is 3.11. The van der Waals surface area contributed by atoms with E-state index in [-0.39, 0.29) is 12.1 Å². The summed E-state index contributed by atoms with van der Waals surface area (Å²) in [7, 11) is 3.86. The molecule has 2 N–H and O–H groups in total. The number of methoxy groups -OCH3 is 1. The number of nitrogens with zero attached hydrogens (tertiary/aromatic N) is 1. The van der Waals surface area contributed by atoms with Gasteiger partial charge in [0.05, 0.1) is 6.10 Å². The Labute approximate surface area is 109 Å². The van der Waals surface area contributed by atoms with E-state index in [4.69, 9.17) is 10.5 Å². The molecule has 98 valence electrons. The van der Waals surface area contributed by atoms with Crippen molar-refractivity contribution < 1.29 is 4.74 Å². The van der Waals surface area contributed by atoms with Crippen LogP contribution < -0.4 is 5.73 Å². The molecule has 0 amide bonds. The van der Waals surface area contributed by atoms with Crippen LogP contribution in [0.2, 0.25) is 0 Å². The van der Waals surface area contributed by atoms with Gasteiger partial charge in [0.15, 0.2) is 0 Å². The van der Waals surface area contributed by atoms with Gasteiger partial charge in [-0.3, -0.25) is 4.90 Å². The SMILES string of the molecule is COC(C)CN(C)C(CN)c1cc(C)sc1C. The zero-order valence-electron chi connectivity index (χ0n) is 11.5.